The zero-order valence-electron chi connectivity index (χ0n) is 13.5. The Kier molecular flexibility index (Phi) is 5.78. The second-order valence-electron chi connectivity index (χ2n) is 6.17. The van der Waals surface area contributed by atoms with Gasteiger partial charge in [0.15, 0.2) is 0 Å². The van der Waals surface area contributed by atoms with Crippen molar-refractivity contribution in [3.63, 3.8) is 0 Å². The molecule has 0 aromatic heterocycles. The maximum atomic E-state index is 12.3. The number of carbonyl (C=O) groups is 1. The number of rotatable bonds is 5. The number of aliphatic hydroxyl groups is 1. The summed E-state index contributed by atoms with van der Waals surface area (Å²) < 4.78 is 26.9. The summed E-state index contributed by atoms with van der Waals surface area (Å²) in [5.74, 6) is -0.345. The molecular formula is C16H24N2O4S. The monoisotopic (exact) mass is 340 g/mol. The molecule has 7 heteroatoms. The van der Waals surface area contributed by atoms with Gasteiger partial charge in [-0.2, -0.15) is 4.72 Å². The highest BCUT2D eigenvalue weighted by molar-refractivity contribution is 7.89. The van der Waals surface area contributed by atoms with Crippen LogP contribution in [0.2, 0.25) is 0 Å². The minimum Gasteiger partial charge on any atom is -0.393 e. The molecule has 128 valence electrons. The van der Waals surface area contributed by atoms with Gasteiger partial charge >= 0.3 is 0 Å². The van der Waals surface area contributed by atoms with Gasteiger partial charge in [-0.05, 0) is 51.7 Å². The number of hydrogen-bond acceptors (Lipinski definition) is 4. The molecule has 0 saturated heterocycles. The molecule has 0 aliphatic heterocycles. The van der Waals surface area contributed by atoms with Gasteiger partial charge in [0.25, 0.3) is 0 Å². The molecule has 1 aliphatic carbocycles. The first-order valence-corrected chi connectivity index (χ1v) is 9.33. The molecule has 2 rings (SSSR count). The fraction of sp³-hybridized carbons (Fsp3) is 0.562. The van der Waals surface area contributed by atoms with E-state index >= 15 is 0 Å². The van der Waals surface area contributed by atoms with Gasteiger partial charge in [-0.1, -0.05) is 17.7 Å². The van der Waals surface area contributed by atoms with Gasteiger partial charge in [0.1, 0.15) is 0 Å². The van der Waals surface area contributed by atoms with Crippen LogP contribution in [-0.4, -0.2) is 37.6 Å². The summed E-state index contributed by atoms with van der Waals surface area (Å²) in [6.07, 6.45) is 2.46. The van der Waals surface area contributed by atoms with Crippen LogP contribution in [0.15, 0.2) is 29.2 Å². The predicted molar refractivity (Wildman–Crippen MR) is 87.4 cm³/mol. The molecule has 1 aliphatic rings. The number of nitrogens with one attached hydrogen (secondary N) is 2. The molecule has 6 nitrogen and oxygen atoms in total. The Balaban J connectivity index is 1.93. The van der Waals surface area contributed by atoms with E-state index < -0.39 is 16.1 Å². The number of sulfonamides is 1. The van der Waals surface area contributed by atoms with Crippen molar-refractivity contribution in [3.8, 4) is 0 Å². The lowest BCUT2D eigenvalue weighted by atomic mass is 9.93. The maximum absolute atomic E-state index is 12.3. The average Bonchev–Trinajstić information content (AvgIpc) is 2.49. The van der Waals surface area contributed by atoms with Crippen molar-refractivity contribution < 1.29 is 18.3 Å². The van der Waals surface area contributed by atoms with Crippen LogP contribution in [0, 0.1) is 6.92 Å². The van der Waals surface area contributed by atoms with Crippen LogP contribution in [0.25, 0.3) is 0 Å². The van der Waals surface area contributed by atoms with Crippen LogP contribution in [0.4, 0.5) is 0 Å². The Bertz CT molecular complexity index is 635. The van der Waals surface area contributed by atoms with E-state index in [1.54, 1.807) is 12.1 Å². The van der Waals surface area contributed by atoms with Gasteiger partial charge in [0.05, 0.1) is 17.0 Å². The zero-order chi connectivity index (χ0) is 17.0. The Morgan fingerprint density at radius 3 is 2.30 bits per heavy atom. The molecular weight excluding hydrogens is 316 g/mol. The molecule has 1 aromatic carbocycles. The molecule has 1 unspecified atom stereocenters. The fourth-order valence-electron chi connectivity index (χ4n) is 2.62. The molecule has 1 fully saturated rings. The molecule has 0 spiro atoms. The van der Waals surface area contributed by atoms with Crippen LogP contribution in [0.5, 0.6) is 0 Å². The van der Waals surface area contributed by atoms with E-state index in [1.165, 1.54) is 19.1 Å². The molecule has 3 N–H and O–H groups in total. The summed E-state index contributed by atoms with van der Waals surface area (Å²) in [5, 5.41) is 12.3. The predicted octanol–water partition coefficient (Wildman–Crippen LogP) is 1.08. The molecule has 0 bridgehead atoms. The summed E-state index contributed by atoms with van der Waals surface area (Å²) in [4.78, 5) is 12.3. The van der Waals surface area contributed by atoms with Gasteiger partial charge in [0, 0.05) is 6.04 Å². The van der Waals surface area contributed by atoms with Crippen molar-refractivity contribution in [2.75, 3.05) is 0 Å². The number of aliphatic hydroxyl groups excluding tert-OH is 1. The highest BCUT2D eigenvalue weighted by atomic mass is 32.2. The van der Waals surface area contributed by atoms with Crippen LogP contribution in [0.3, 0.4) is 0 Å². The minimum atomic E-state index is -3.72. The standard InChI is InChI=1S/C16H24N2O4S/c1-11-3-9-15(10-4-11)23(21,22)18-12(2)16(20)17-13-5-7-14(19)8-6-13/h3-4,9-10,12-14,18-19H,5-8H2,1-2H3,(H,17,20). The smallest absolute Gasteiger partial charge is 0.241 e. The zero-order valence-corrected chi connectivity index (χ0v) is 14.3. The van der Waals surface area contributed by atoms with Gasteiger partial charge < -0.3 is 10.4 Å². The molecule has 1 amide bonds. The lowest BCUT2D eigenvalue weighted by Crippen LogP contribution is -2.49. The molecule has 1 saturated carbocycles. The van der Waals surface area contributed by atoms with E-state index in [9.17, 15) is 18.3 Å². The first-order valence-electron chi connectivity index (χ1n) is 7.85. The summed E-state index contributed by atoms with van der Waals surface area (Å²) in [5.41, 5.74) is 0.967. The minimum absolute atomic E-state index is 0.00257. The van der Waals surface area contributed by atoms with Crippen molar-refractivity contribution in [2.24, 2.45) is 0 Å². The lowest BCUT2D eigenvalue weighted by molar-refractivity contribution is -0.123. The Morgan fingerprint density at radius 2 is 1.74 bits per heavy atom. The molecule has 0 radical (unpaired) electrons. The van der Waals surface area contributed by atoms with Gasteiger partial charge in [-0.15, -0.1) is 0 Å². The van der Waals surface area contributed by atoms with Crippen molar-refractivity contribution in [1.82, 2.24) is 10.0 Å². The number of aryl methyl sites for hydroxylation is 1. The summed E-state index contributed by atoms with van der Waals surface area (Å²) >= 11 is 0. The Labute approximate surface area is 137 Å². The van der Waals surface area contributed by atoms with Gasteiger partial charge in [-0.3, -0.25) is 4.79 Å². The van der Waals surface area contributed by atoms with Crippen molar-refractivity contribution in [2.45, 2.75) is 62.6 Å². The summed E-state index contributed by atoms with van der Waals surface area (Å²) in [6, 6.07) is 5.61. The maximum Gasteiger partial charge on any atom is 0.241 e. The molecule has 1 atom stereocenters. The summed E-state index contributed by atoms with van der Waals surface area (Å²) in [6.45, 7) is 3.40. The SMILES string of the molecule is Cc1ccc(S(=O)(=O)NC(C)C(=O)NC2CCC(O)CC2)cc1. The Morgan fingerprint density at radius 1 is 1.17 bits per heavy atom. The van der Waals surface area contributed by atoms with Crippen LogP contribution >= 0.6 is 0 Å². The molecule has 23 heavy (non-hydrogen) atoms. The highest BCUT2D eigenvalue weighted by Gasteiger charge is 2.25. The van der Waals surface area contributed by atoms with E-state index in [-0.39, 0.29) is 22.9 Å². The largest absolute Gasteiger partial charge is 0.393 e. The van der Waals surface area contributed by atoms with Crippen molar-refractivity contribution in [3.05, 3.63) is 29.8 Å². The third-order valence-electron chi connectivity index (χ3n) is 4.10. The van der Waals surface area contributed by atoms with E-state index in [0.717, 1.165) is 5.56 Å². The Hall–Kier alpha value is -1.44. The highest BCUT2D eigenvalue weighted by Crippen LogP contribution is 2.18. The number of carbonyl (C=O) groups excluding carboxylic acids is 1. The van der Waals surface area contributed by atoms with E-state index in [2.05, 4.69) is 10.0 Å². The third-order valence-corrected chi connectivity index (χ3v) is 5.66. The third kappa shape index (κ3) is 5.02. The molecule has 1 aromatic rings. The number of benzene rings is 1. The van der Waals surface area contributed by atoms with Crippen molar-refractivity contribution >= 4 is 15.9 Å². The average molecular weight is 340 g/mol. The first-order chi connectivity index (χ1) is 10.8. The molecule has 0 heterocycles. The van der Waals surface area contributed by atoms with Gasteiger partial charge in [0.2, 0.25) is 15.9 Å². The van der Waals surface area contributed by atoms with E-state index in [0.29, 0.717) is 25.7 Å². The van der Waals surface area contributed by atoms with Crippen LogP contribution in [-0.2, 0) is 14.8 Å². The number of amides is 1. The van der Waals surface area contributed by atoms with Crippen molar-refractivity contribution in [1.29, 1.82) is 0 Å². The lowest BCUT2D eigenvalue weighted by Gasteiger charge is -2.27. The fourth-order valence-corrected chi connectivity index (χ4v) is 3.82. The second kappa shape index (κ2) is 7.42. The first kappa shape index (κ1) is 17.9. The van der Waals surface area contributed by atoms with Crippen LogP contribution in [0.1, 0.15) is 38.2 Å². The van der Waals surface area contributed by atoms with E-state index in [1.807, 2.05) is 6.92 Å². The summed E-state index contributed by atoms with van der Waals surface area (Å²) in [7, 11) is -3.72. The number of hydrogen-bond donors (Lipinski definition) is 3. The normalized spacial score (nSPS) is 23.3. The van der Waals surface area contributed by atoms with E-state index in [4.69, 9.17) is 0 Å². The quantitative estimate of drug-likeness (QED) is 0.747. The second-order valence-corrected chi connectivity index (χ2v) is 7.88. The topological polar surface area (TPSA) is 95.5 Å². The van der Waals surface area contributed by atoms with Crippen LogP contribution < -0.4 is 10.0 Å². The van der Waals surface area contributed by atoms with Gasteiger partial charge in [-0.25, -0.2) is 8.42 Å².